The molecule has 4 rings (SSSR count). The molecule has 2 aromatic heterocycles. The Labute approximate surface area is 170 Å². The van der Waals surface area contributed by atoms with Crippen molar-refractivity contribution in [2.45, 2.75) is 33.1 Å². The number of hydrogen-bond donors (Lipinski definition) is 1. The number of aromatic nitrogens is 2. The van der Waals surface area contributed by atoms with Crippen molar-refractivity contribution in [3.8, 4) is 0 Å². The molecule has 1 fully saturated rings. The molecule has 2 amide bonds. The Kier molecular flexibility index (Phi) is 5.34. The number of fused-ring (bicyclic) bond motifs is 1. The molecular formula is C23H26N4O2. The number of nitrogens with zero attached hydrogens (tertiary/aromatic N) is 3. The minimum atomic E-state index is -0.305. The lowest BCUT2D eigenvalue weighted by atomic mass is 10.0. The van der Waals surface area contributed by atoms with E-state index in [9.17, 15) is 9.59 Å². The summed E-state index contributed by atoms with van der Waals surface area (Å²) in [6.07, 6.45) is 4.74. The summed E-state index contributed by atoms with van der Waals surface area (Å²) >= 11 is 0. The largest absolute Gasteiger partial charge is 0.336 e. The lowest BCUT2D eigenvalue weighted by Gasteiger charge is -2.30. The molecule has 1 aliphatic rings. The summed E-state index contributed by atoms with van der Waals surface area (Å²) in [4.78, 5) is 32.6. The number of nitrogens with one attached hydrogen (secondary N) is 1. The van der Waals surface area contributed by atoms with Crippen LogP contribution >= 0.6 is 0 Å². The van der Waals surface area contributed by atoms with Gasteiger partial charge in [0, 0.05) is 25.0 Å². The molecule has 3 heterocycles. The highest BCUT2D eigenvalue weighted by Gasteiger charge is 2.28. The Morgan fingerprint density at radius 3 is 2.76 bits per heavy atom. The number of carbonyl (C=O) groups is 2. The van der Waals surface area contributed by atoms with Crippen LogP contribution in [0.4, 0.5) is 5.69 Å². The zero-order valence-corrected chi connectivity index (χ0v) is 16.9. The topological polar surface area (TPSA) is 66.7 Å². The molecule has 6 nitrogen and oxygen atoms in total. The number of carbonyl (C=O) groups excluding carboxylic acids is 2. The number of pyridine rings is 1. The highest BCUT2D eigenvalue weighted by Crippen LogP contribution is 2.22. The molecule has 29 heavy (non-hydrogen) atoms. The van der Waals surface area contributed by atoms with Crippen LogP contribution in [0.2, 0.25) is 0 Å². The van der Waals surface area contributed by atoms with Crippen molar-refractivity contribution in [1.29, 1.82) is 0 Å². The molecule has 0 saturated carbocycles. The van der Waals surface area contributed by atoms with Gasteiger partial charge in [-0.1, -0.05) is 38.1 Å². The third kappa shape index (κ3) is 3.75. The highest BCUT2D eigenvalue weighted by atomic mass is 16.2. The van der Waals surface area contributed by atoms with Gasteiger partial charge in [-0.15, -0.1) is 0 Å². The molecule has 1 saturated heterocycles. The maximum absolute atomic E-state index is 13.2. The molecule has 0 aliphatic carbocycles. The molecule has 1 aromatic carbocycles. The van der Waals surface area contributed by atoms with Gasteiger partial charge in [0.2, 0.25) is 5.82 Å². The molecule has 1 unspecified atom stereocenters. The number of piperidine rings is 1. The van der Waals surface area contributed by atoms with Gasteiger partial charge in [-0.25, -0.2) is 4.98 Å². The standard InChI is InChI=1S/C23H26N4O2/c1-3-17-10-4-5-11-18(17)24-22(28)20-19-12-6-7-14-27(19)21(25-20)23(29)26-13-8-9-16(2)15-26/h4-7,10-12,14,16H,3,8-9,13,15H2,1-2H3,(H,24,28). The highest BCUT2D eigenvalue weighted by molar-refractivity contribution is 6.09. The third-order valence-electron chi connectivity index (χ3n) is 5.55. The average Bonchev–Trinajstić information content (AvgIpc) is 3.13. The molecule has 1 aliphatic heterocycles. The van der Waals surface area contributed by atoms with Crippen molar-refractivity contribution in [1.82, 2.24) is 14.3 Å². The smallest absolute Gasteiger partial charge is 0.290 e. The molecular weight excluding hydrogens is 364 g/mol. The van der Waals surface area contributed by atoms with Crippen LogP contribution in [0.25, 0.3) is 5.52 Å². The molecule has 0 radical (unpaired) electrons. The quantitative estimate of drug-likeness (QED) is 0.732. The van der Waals surface area contributed by atoms with Gasteiger partial charge >= 0.3 is 0 Å². The fourth-order valence-corrected chi connectivity index (χ4v) is 4.00. The number of amides is 2. The number of benzene rings is 1. The predicted octanol–water partition coefficient (Wildman–Crippen LogP) is 4.02. The van der Waals surface area contributed by atoms with E-state index in [0.29, 0.717) is 17.3 Å². The lowest BCUT2D eigenvalue weighted by Crippen LogP contribution is -2.39. The molecule has 3 aromatic rings. The number of rotatable bonds is 4. The monoisotopic (exact) mass is 390 g/mol. The summed E-state index contributed by atoms with van der Waals surface area (Å²) in [5.74, 6) is 0.349. The van der Waals surface area contributed by atoms with Crippen LogP contribution < -0.4 is 5.32 Å². The van der Waals surface area contributed by atoms with E-state index >= 15 is 0 Å². The molecule has 0 bridgehead atoms. The zero-order valence-electron chi connectivity index (χ0n) is 16.9. The molecule has 150 valence electrons. The fourth-order valence-electron chi connectivity index (χ4n) is 4.00. The van der Waals surface area contributed by atoms with E-state index in [2.05, 4.69) is 17.2 Å². The average molecular weight is 390 g/mol. The first kappa shape index (κ1) is 19.2. The SMILES string of the molecule is CCc1ccccc1NC(=O)c1nc(C(=O)N2CCCC(C)C2)n2ccccc12. The Morgan fingerprint density at radius 2 is 1.97 bits per heavy atom. The van der Waals surface area contributed by atoms with Crippen molar-refractivity contribution < 1.29 is 9.59 Å². The summed E-state index contributed by atoms with van der Waals surface area (Å²) in [6, 6.07) is 13.2. The molecule has 6 heteroatoms. The van der Waals surface area contributed by atoms with Gasteiger partial charge in [0.25, 0.3) is 11.8 Å². The first-order chi connectivity index (χ1) is 14.1. The first-order valence-corrected chi connectivity index (χ1v) is 10.2. The van der Waals surface area contributed by atoms with E-state index in [-0.39, 0.29) is 17.5 Å². The van der Waals surface area contributed by atoms with E-state index in [1.165, 1.54) is 0 Å². The first-order valence-electron chi connectivity index (χ1n) is 10.2. The lowest BCUT2D eigenvalue weighted by molar-refractivity contribution is 0.0670. The second-order valence-electron chi connectivity index (χ2n) is 7.70. The Morgan fingerprint density at radius 1 is 1.17 bits per heavy atom. The Balaban J connectivity index is 1.69. The summed E-state index contributed by atoms with van der Waals surface area (Å²) in [5.41, 5.74) is 2.73. The van der Waals surface area contributed by atoms with E-state index < -0.39 is 0 Å². The van der Waals surface area contributed by atoms with Gasteiger partial charge in [-0.3, -0.25) is 14.0 Å². The van der Waals surface area contributed by atoms with Crippen molar-refractivity contribution in [3.63, 3.8) is 0 Å². The minimum absolute atomic E-state index is 0.120. The summed E-state index contributed by atoms with van der Waals surface area (Å²) in [7, 11) is 0. The van der Waals surface area contributed by atoms with Crippen LogP contribution in [-0.4, -0.2) is 39.2 Å². The predicted molar refractivity (Wildman–Crippen MR) is 113 cm³/mol. The van der Waals surface area contributed by atoms with Gasteiger partial charge in [-0.05, 0) is 48.9 Å². The number of imidazole rings is 1. The van der Waals surface area contributed by atoms with Crippen LogP contribution in [0.1, 0.15) is 53.4 Å². The van der Waals surface area contributed by atoms with E-state index in [1.807, 2.05) is 54.3 Å². The second-order valence-corrected chi connectivity index (χ2v) is 7.70. The van der Waals surface area contributed by atoms with E-state index in [4.69, 9.17) is 0 Å². The molecule has 0 spiro atoms. The summed E-state index contributed by atoms with van der Waals surface area (Å²) in [5, 5.41) is 2.97. The van der Waals surface area contributed by atoms with Crippen molar-refractivity contribution in [3.05, 3.63) is 65.7 Å². The summed E-state index contributed by atoms with van der Waals surface area (Å²) < 4.78 is 1.72. The number of likely N-dealkylation sites (tertiary alicyclic amines) is 1. The maximum atomic E-state index is 13.2. The Bertz CT molecular complexity index is 1060. The second kappa shape index (κ2) is 8.07. The normalized spacial score (nSPS) is 16.8. The van der Waals surface area contributed by atoms with E-state index in [1.54, 1.807) is 10.6 Å². The van der Waals surface area contributed by atoms with Gasteiger partial charge < -0.3 is 10.2 Å². The number of para-hydroxylation sites is 1. The fraction of sp³-hybridized carbons (Fsp3) is 0.348. The van der Waals surface area contributed by atoms with Gasteiger partial charge in [0.15, 0.2) is 5.69 Å². The van der Waals surface area contributed by atoms with Gasteiger partial charge in [-0.2, -0.15) is 0 Å². The number of aryl methyl sites for hydroxylation is 1. The van der Waals surface area contributed by atoms with Crippen LogP contribution in [0.5, 0.6) is 0 Å². The number of hydrogen-bond acceptors (Lipinski definition) is 3. The maximum Gasteiger partial charge on any atom is 0.290 e. The van der Waals surface area contributed by atoms with Gasteiger partial charge in [0.05, 0.1) is 5.52 Å². The Hall–Kier alpha value is -3.15. The molecule has 1 atom stereocenters. The van der Waals surface area contributed by atoms with Crippen LogP contribution in [0, 0.1) is 5.92 Å². The summed E-state index contributed by atoms with van der Waals surface area (Å²) in [6.45, 7) is 5.67. The van der Waals surface area contributed by atoms with Crippen LogP contribution in [0.15, 0.2) is 48.7 Å². The molecule has 1 N–H and O–H groups in total. The minimum Gasteiger partial charge on any atom is -0.336 e. The van der Waals surface area contributed by atoms with Crippen molar-refractivity contribution in [2.24, 2.45) is 5.92 Å². The van der Waals surface area contributed by atoms with Gasteiger partial charge in [0.1, 0.15) is 0 Å². The third-order valence-corrected chi connectivity index (χ3v) is 5.55. The number of anilines is 1. The van der Waals surface area contributed by atoms with Crippen molar-refractivity contribution >= 4 is 23.0 Å². The van der Waals surface area contributed by atoms with Crippen molar-refractivity contribution in [2.75, 3.05) is 18.4 Å². The van der Waals surface area contributed by atoms with E-state index in [0.717, 1.165) is 43.6 Å². The van der Waals surface area contributed by atoms with Crippen LogP contribution in [0.3, 0.4) is 0 Å². The van der Waals surface area contributed by atoms with Crippen LogP contribution in [-0.2, 0) is 6.42 Å². The zero-order chi connectivity index (χ0) is 20.4.